The van der Waals surface area contributed by atoms with Gasteiger partial charge < -0.3 is 5.32 Å². The molecular formula is C10H11NS. The van der Waals surface area contributed by atoms with Gasteiger partial charge in [0.2, 0.25) is 0 Å². The maximum atomic E-state index is 3.28. The van der Waals surface area contributed by atoms with Crippen LogP contribution in [-0.2, 0) is 0 Å². The van der Waals surface area contributed by atoms with Gasteiger partial charge in [-0.05, 0) is 18.6 Å². The maximum Gasteiger partial charge on any atom is 0.0521 e. The lowest BCUT2D eigenvalue weighted by molar-refractivity contribution is 1.18. The minimum atomic E-state index is 1.10. The van der Waals surface area contributed by atoms with Gasteiger partial charge in [-0.15, -0.1) is 0 Å². The zero-order valence-electron chi connectivity index (χ0n) is 7.00. The Balaban J connectivity index is 2.31. The molecule has 0 bridgehead atoms. The van der Waals surface area contributed by atoms with Gasteiger partial charge in [-0.1, -0.05) is 30.8 Å². The third-order valence-electron chi connectivity index (χ3n) is 1.87. The van der Waals surface area contributed by atoms with Gasteiger partial charge in [0.05, 0.1) is 5.69 Å². The van der Waals surface area contributed by atoms with Crippen LogP contribution in [0.5, 0.6) is 0 Å². The van der Waals surface area contributed by atoms with Gasteiger partial charge in [-0.3, -0.25) is 0 Å². The molecule has 1 aromatic rings. The smallest absolute Gasteiger partial charge is 0.0521 e. The summed E-state index contributed by atoms with van der Waals surface area (Å²) in [6, 6.07) is 8.38. The van der Waals surface area contributed by atoms with Crippen molar-refractivity contribution in [2.75, 3.05) is 5.32 Å². The lowest BCUT2D eigenvalue weighted by Crippen LogP contribution is -1.96. The second-order valence-corrected chi connectivity index (χ2v) is 3.88. The van der Waals surface area contributed by atoms with Crippen LogP contribution in [0.3, 0.4) is 0 Å². The molecule has 0 atom stereocenters. The summed E-state index contributed by atoms with van der Waals surface area (Å²) in [5.41, 5.74) is 1.22. The summed E-state index contributed by atoms with van der Waals surface area (Å²) in [5, 5.41) is 3.28. The van der Waals surface area contributed by atoms with E-state index < -0.39 is 0 Å². The highest BCUT2D eigenvalue weighted by Gasteiger charge is 2.08. The normalized spacial score (nSPS) is 14.6. The molecule has 1 aliphatic rings. The molecular weight excluding hydrogens is 166 g/mol. The third kappa shape index (κ3) is 1.34. The molecule has 0 saturated heterocycles. The van der Waals surface area contributed by atoms with Crippen LogP contribution in [0.4, 0.5) is 5.69 Å². The van der Waals surface area contributed by atoms with E-state index in [0.29, 0.717) is 0 Å². The van der Waals surface area contributed by atoms with Crippen LogP contribution in [0.15, 0.2) is 40.3 Å². The number of hydrogen-bond donors (Lipinski definition) is 1. The number of anilines is 1. The van der Waals surface area contributed by atoms with Gasteiger partial charge in [-0.2, -0.15) is 0 Å². The third-order valence-corrected chi connectivity index (χ3v) is 3.11. The Labute approximate surface area is 76.9 Å². The lowest BCUT2D eigenvalue weighted by atomic mass is 10.3. The number of allylic oxidation sites excluding steroid dienone is 1. The van der Waals surface area contributed by atoms with Crippen molar-refractivity contribution in [3.05, 3.63) is 35.4 Å². The van der Waals surface area contributed by atoms with Gasteiger partial charge in [-0.25, -0.2) is 0 Å². The highest BCUT2D eigenvalue weighted by molar-refractivity contribution is 8.03. The van der Waals surface area contributed by atoms with Gasteiger partial charge in [0.25, 0.3) is 0 Å². The first kappa shape index (κ1) is 7.74. The van der Waals surface area contributed by atoms with Crippen LogP contribution < -0.4 is 5.32 Å². The second kappa shape index (κ2) is 3.23. The fraction of sp³-hybridized carbons (Fsp3) is 0.200. The molecule has 0 saturated carbocycles. The fourth-order valence-electron chi connectivity index (χ4n) is 1.18. The Morgan fingerprint density at radius 3 is 3.00 bits per heavy atom. The SMILES string of the molecule is CCC1=CNc2ccccc2S1. The van der Waals surface area contributed by atoms with E-state index in [1.807, 2.05) is 11.8 Å². The standard InChI is InChI=1S/C10H11NS/c1-2-8-7-11-9-5-3-4-6-10(9)12-8/h3-7,11H,2H2,1H3. The molecule has 0 unspecified atom stereocenters. The molecule has 2 heteroatoms. The Bertz CT molecular complexity index is 317. The van der Waals surface area contributed by atoms with E-state index in [1.54, 1.807) is 0 Å². The van der Waals surface area contributed by atoms with Crippen molar-refractivity contribution >= 4 is 17.4 Å². The number of nitrogens with one attached hydrogen (secondary N) is 1. The predicted molar refractivity (Wildman–Crippen MR) is 54.3 cm³/mol. The number of fused-ring (bicyclic) bond motifs is 1. The molecule has 0 fully saturated rings. The van der Waals surface area contributed by atoms with Crippen molar-refractivity contribution in [1.82, 2.24) is 0 Å². The molecule has 0 radical (unpaired) electrons. The van der Waals surface area contributed by atoms with Crippen molar-refractivity contribution in [2.45, 2.75) is 18.2 Å². The zero-order chi connectivity index (χ0) is 8.39. The summed E-state index contributed by atoms with van der Waals surface area (Å²) in [5.74, 6) is 0. The minimum absolute atomic E-state index is 1.10. The van der Waals surface area contributed by atoms with Gasteiger partial charge >= 0.3 is 0 Å². The van der Waals surface area contributed by atoms with Crippen molar-refractivity contribution in [3.63, 3.8) is 0 Å². The van der Waals surface area contributed by atoms with Crippen molar-refractivity contribution in [1.29, 1.82) is 0 Å². The van der Waals surface area contributed by atoms with Crippen molar-refractivity contribution in [2.24, 2.45) is 0 Å². The number of hydrogen-bond acceptors (Lipinski definition) is 2. The average molecular weight is 177 g/mol. The number of para-hydroxylation sites is 1. The highest BCUT2D eigenvalue weighted by atomic mass is 32.2. The molecule has 1 aliphatic heterocycles. The Morgan fingerprint density at radius 1 is 1.33 bits per heavy atom. The summed E-state index contributed by atoms with van der Waals surface area (Å²) in [6.45, 7) is 2.18. The van der Waals surface area contributed by atoms with E-state index >= 15 is 0 Å². The fourth-order valence-corrected chi connectivity index (χ4v) is 2.11. The summed E-state index contributed by atoms with van der Waals surface area (Å²) in [7, 11) is 0. The maximum absolute atomic E-state index is 3.28. The molecule has 1 N–H and O–H groups in total. The first-order chi connectivity index (χ1) is 5.90. The molecule has 0 spiro atoms. The average Bonchev–Trinajstić information content (AvgIpc) is 2.17. The van der Waals surface area contributed by atoms with Crippen molar-refractivity contribution < 1.29 is 0 Å². The van der Waals surface area contributed by atoms with Crippen LogP contribution in [0.25, 0.3) is 0 Å². The molecule has 1 aromatic carbocycles. The summed E-state index contributed by atoms with van der Waals surface area (Å²) < 4.78 is 0. The van der Waals surface area contributed by atoms with Crippen LogP contribution in [0, 0.1) is 0 Å². The topological polar surface area (TPSA) is 12.0 Å². The van der Waals surface area contributed by atoms with Crippen LogP contribution in [0.1, 0.15) is 13.3 Å². The molecule has 1 nitrogen and oxygen atoms in total. The number of benzene rings is 1. The summed E-state index contributed by atoms with van der Waals surface area (Å²) in [6.07, 6.45) is 3.19. The van der Waals surface area contributed by atoms with E-state index in [1.165, 1.54) is 15.5 Å². The van der Waals surface area contributed by atoms with Crippen LogP contribution in [-0.4, -0.2) is 0 Å². The summed E-state index contributed by atoms with van der Waals surface area (Å²) in [4.78, 5) is 2.73. The molecule has 62 valence electrons. The second-order valence-electron chi connectivity index (χ2n) is 2.71. The monoisotopic (exact) mass is 177 g/mol. The Kier molecular flexibility index (Phi) is 2.09. The Morgan fingerprint density at radius 2 is 2.17 bits per heavy atom. The number of thioether (sulfide) groups is 1. The molecule has 0 amide bonds. The molecule has 0 aliphatic carbocycles. The van der Waals surface area contributed by atoms with Gasteiger partial charge in [0.15, 0.2) is 0 Å². The quantitative estimate of drug-likeness (QED) is 0.705. The zero-order valence-corrected chi connectivity index (χ0v) is 7.82. The first-order valence-corrected chi connectivity index (χ1v) is 4.94. The van der Waals surface area contributed by atoms with Crippen LogP contribution >= 0.6 is 11.8 Å². The molecule has 12 heavy (non-hydrogen) atoms. The van der Waals surface area contributed by atoms with E-state index in [-0.39, 0.29) is 0 Å². The first-order valence-electron chi connectivity index (χ1n) is 4.12. The van der Waals surface area contributed by atoms with Gasteiger partial charge in [0.1, 0.15) is 0 Å². The predicted octanol–water partition coefficient (Wildman–Crippen LogP) is 3.46. The highest BCUT2D eigenvalue weighted by Crippen LogP contribution is 2.37. The number of rotatable bonds is 1. The molecule has 2 rings (SSSR count). The van der Waals surface area contributed by atoms with Crippen molar-refractivity contribution in [3.8, 4) is 0 Å². The van der Waals surface area contributed by atoms with E-state index in [9.17, 15) is 0 Å². The van der Waals surface area contributed by atoms with Gasteiger partial charge in [0, 0.05) is 16.0 Å². The van der Waals surface area contributed by atoms with Crippen LogP contribution in [0.2, 0.25) is 0 Å². The summed E-state index contributed by atoms with van der Waals surface area (Å²) >= 11 is 1.86. The Hall–Kier alpha value is -0.890. The van der Waals surface area contributed by atoms with E-state index in [2.05, 4.69) is 42.7 Å². The largest absolute Gasteiger partial charge is 0.360 e. The van der Waals surface area contributed by atoms with E-state index in [0.717, 1.165) is 6.42 Å². The van der Waals surface area contributed by atoms with E-state index in [4.69, 9.17) is 0 Å². The lowest BCUT2D eigenvalue weighted by Gasteiger charge is -2.15. The molecule has 1 heterocycles. The minimum Gasteiger partial charge on any atom is -0.360 e. The molecule has 0 aromatic heterocycles.